The third kappa shape index (κ3) is 4.01. The van der Waals surface area contributed by atoms with Crippen LogP contribution in [0, 0.1) is 18.8 Å². The molecule has 4 nitrogen and oxygen atoms in total. The molecule has 1 fully saturated rings. The molecule has 1 heterocycles. The molecule has 0 saturated heterocycles. The molecular weight excluding hydrogens is 355 g/mol. The summed E-state index contributed by atoms with van der Waals surface area (Å²) in [6.45, 7) is 6.00. The molecule has 1 aliphatic carbocycles. The predicted molar refractivity (Wildman–Crippen MR) is 96.7 cm³/mol. The molecule has 1 amide bonds. The van der Waals surface area contributed by atoms with E-state index >= 15 is 0 Å². The molecule has 1 aromatic carbocycles. The number of rotatable bonds is 3. The third-order valence-electron chi connectivity index (χ3n) is 5.58. The minimum atomic E-state index is -4.69. The van der Waals surface area contributed by atoms with Crippen LogP contribution >= 0.6 is 0 Å². The van der Waals surface area contributed by atoms with Gasteiger partial charge in [0.15, 0.2) is 5.69 Å². The highest BCUT2D eigenvalue weighted by molar-refractivity contribution is 5.95. The topological polar surface area (TPSA) is 46.9 Å². The van der Waals surface area contributed by atoms with Crippen molar-refractivity contribution >= 4 is 5.91 Å². The first-order valence-electron chi connectivity index (χ1n) is 9.21. The fraction of sp³-hybridized carbons (Fsp3) is 0.500. The van der Waals surface area contributed by atoms with E-state index in [1.165, 1.54) is 0 Å². The Morgan fingerprint density at radius 1 is 1.19 bits per heavy atom. The van der Waals surface area contributed by atoms with Crippen molar-refractivity contribution in [2.24, 2.45) is 11.8 Å². The smallest absolute Gasteiger partial charge is 0.349 e. The van der Waals surface area contributed by atoms with Crippen molar-refractivity contribution in [2.45, 2.75) is 52.3 Å². The van der Waals surface area contributed by atoms with Crippen molar-refractivity contribution in [1.82, 2.24) is 15.1 Å². The first-order chi connectivity index (χ1) is 12.7. The predicted octanol–water partition coefficient (Wildman–Crippen LogP) is 4.75. The second-order valence-electron chi connectivity index (χ2n) is 7.50. The Morgan fingerprint density at radius 3 is 2.48 bits per heavy atom. The Balaban J connectivity index is 1.93. The number of nitrogens with zero attached hydrogens (tertiary/aromatic N) is 2. The zero-order chi connectivity index (χ0) is 19.8. The molecule has 1 N–H and O–H groups in total. The van der Waals surface area contributed by atoms with Gasteiger partial charge in [0.25, 0.3) is 5.91 Å². The lowest BCUT2D eigenvalue weighted by Gasteiger charge is -2.34. The minimum Gasteiger partial charge on any atom is -0.349 e. The molecule has 146 valence electrons. The van der Waals surface area contributed by atoms with E-state index in [0.717, 1.165) is 35.7 Å². The Labute approximate surface area is 156 Å². The van der Waals surface area contributed by atoms with E-state index in [0.29, 0.717) is 5.92 Å². The molecule has 27 heavy (non-hydrogen) atoms. The van der Waals surface area contributed by atoms with Gasteiger partial charge in [0, 0.05) is 6.04 Å². The Kier molecular flexibility index (Phi) is 5.31. The highest BCUT2D eigenvalue weighted by Gasteiger charge is 2.41. The van der Waals surface area contributed by atoms with Gasteiger partial charge >= 0.3 is 6.18 Å². The molecule has 0 spiro atoms. The summed E-state index contributed by atoms with van der Waals surface area (Å²) in [5.41, 5.74) is -0.279. The fourth-order valence-electron chi connectivity index (χ4n) is 3.70. The SMILES string of the molecule is Cc1ccc(-n2ncc(C(=O)NC3CCCC(C)C3C)c2C(F)(F)F)cc1. The van der Waals surface area contributed by atoms with Crippen LogP contribution < -0.4 is 5.32 Å². The van der Waals surface area contributed by atoms with E-state index in [1.807, 2.05) is 13.8 Å². The van der Waals surface area contributed by atoms with Crippen molar-refractivity contribution in [3.8, 4) is 5.69 Å². The van der Waals surface area contributed by atoms with Crippen LogP contribution in [-0.2, 0) is 6.18 Å². The van der Waals surface area contributed by atoms with E-state index in [-0.39, 0.29) is 17.6 Å². The monoisotopic (exact) mass is 379 g/mol. The first-order valence-corrected chi connectivity index (χ1v) is 9.21. The maximum Gasteiger partial charge on any atom is 0.434 e. The molecule has 1 aliphatic rings. The summed E-state index contributed by atoms with van der Waals surface area (Å²) in [5, 5.41) is 6.68. The summed E-state index contributed by atoms with van der Waals surface area (Å²) in [5.74, 6) is -0.0581. The van der Waals surface area contributed by atoms with Crippen LogP contribution in [0.3, 0.4) is 0 Å². The van der Waals surface area contributed by atoms with Gasteiger partial charge in [0.1, 0.15) is 0 Å². The second-order valence-corrected chi connectivity index (χ2v) is 7.50. The summed E-state index contributed by atoms with van der Waals surface area (Å²) in [6, 6.07) is 6.42. The lowest BCUT2D eigenvalue weighted by molar-refractivity contribution is -0.143. The van der Waals surface area contributed by atoms with Gasteiger partial charge in [-0.25, -0.2) is 4.68 Å². The lowest BCUT2D eigenvalue weighted by Crippen LogP contribution is -2.44. The Bertz CT molecular complexity index is 811. The molecule has 3 rings (SSSR count). The molecule has 2 aromatic rings. The molecule has 0 bridgehead atoms. The number of aryl methyl sites for hydroxylation is 1. The van der Waals surface area contributed by atoms with Gasteiger partial charge in [0.2, 0.25) is 0 Å². The maximum atomic E-state index is 13.7. The van der Waals surface area contributed by atoms with Crippen molar-refractivity contribution in [3.63, 3.8) is 0 Å². The average Bonchev–Trinajstić information content (AvgIpc) is 3.05. The normalized spacial score (nSPS) is 23.3. The number of hydrogen-bond acceptors (Lipinski definition) is 2. The van der Waals surface area contributed by atoms with Gasteiger partial charge < -0.3 is 5.32 Å². The van der Waals surface area contributed by atoms with Gasteiger partial charge in [-0.15, -0.1) is 0 Å². The summed E-state index contributed by atoms with van der Waals surface area (Å²) >= 11 is 0. The summed E-state index contributed by atoms with van der Waals surface area (Å²) in [7, 11) is 0. The molecule has 1 aromatic heterocycles. The van der Waals surface area contributed by atoms with Crippen molar-refractivity contribution in [2.75, 3.05) is 0 Å². The number of aromatic nitrogens is 2. The van der Waals surface area contributed by atoms with E-state index in [9.17, 15) is 18.0 Å². The number of carbonyl (C=O) groups excluding carboxylic acids is 1. The largest absolute Gasteiger partial charge is 0.434 e. The van der Waals surface area contributed by atoms with Crippen molar-refractivity contribution in [1.29, 1.82) is 0 Å². The number of alkyl halides is 3. The molecule has 1 saturated carbocycles. The minimum absolute atomic E-state index is 0.120. The van der Waals surface area contributed by atoms with Crippen LogP contribution in [0.2, 0.25) is 0 Å². The van der Waals surface area contributed by atoms with Crippen LogP contribution in [0.5, 0.6) is 0 Å². The van der Waals surface area contributed by atoms with E-state index in [1.54, 1.807) is 24.3 Å². The lowest BCUT2D eigenvalue weighted by atomic mass is 9.78. The molecule has 0 aliphatic heterocycles. The Hall–Kier alpha value is -2.31. The zero-order valence-corrected chi connectivity index (χ0v) is 15.7. The van der Waals surface area contributed by atoms with Gasteiger partial charge in [-0.2, -0.15) is 18.3 Å². The maximum absolute atomic E-state index is 13.7. The number of carbonyl (C=O) groups is 1. The zero-order valence-electron chi connectivity index (χ0n) is 15.7. The number of hydrogen-bond donors (Lipinski definition) is 1. The third-order valence-corrected chi connectivity index (χ3v) is 5.58. The van der Waals surface area contributed by atoms with Crippen LogP contribution in [0.15, 0.2) is 30.5 Å². The average molecular weight is 379 g/mol. The highest BCUT2D eigenvalue weighted by Crippen LogP contribution is 2.34. The fourth-order valence-corrected chi connectivity index (χ4v) is 3.70. The van der Waals surface area contributed by atoms with Crippen molar-refractivity contribution < 1.29 is 18.0 Å². The molecule has 7 heteroatoms. The Morgan fingerprint density at radius 2 is 1.85 bits per heavy atom. The summed E-state index contributed by atoms with van der Waals surface area (Å²) in [6.07, 6.45) is -0.864. The second kappa shape index (κ2) is 7.37. The number of benzene rings is 1. The molecular formula is C20H24F3N3O. The number of nitrogens with one attached hydrogen (secondary N) is 1. The van der Waals surface area contributed by atoms with Gasteiger partial charge in [0.05, 0.1) is 17.4 Å². The van der Waals surface area contributed by atoms with Crippen LogP contribution in [-0.4, -0.2) is 21.7 Å². The molecule has 3 unspecified atom stereocenters. The van der Waals surface area contributed by atoms with Crippen LogP contribution in [0.1, 0.15) is 54.7 Å². The molecule has 0 radical (unpaired) electrons. The van der Waals surface area contributed by atoms with Crippen molar-refractivity contribution in [3.05, 3.63) is 47.3 Å². The van der Waals surface area contributed by atoms with Gasteiger partial charge in [-0.3, -0.25) is 4.79 Å². The van der Waals surface area contributed by atoms with Gasteiger partial charge in [-0.1, -0.05) is 44.4 Å². The quantitative estimate of drug-likeness (QED) is 0.836. The van der Waals surface area contributed by atoms with E-state index in [4.69, 9.17) is 0 Å². The van der Waals surface area contributed by atoms with E-state index in [2.05, 4.69) is 17.3 Å². The summed E-state index contributed by atoms with van der Waals surface area (Å²) < 4.78 is 42.0. The highest BCUT2D eigenvalue weighted by atomic mass is 19.4. The standard InChI is InChI=1S/C20H24F3N3O/c1-12-7-9-15(10-8-12)26-18(20(21,22)23)16(11-24-26)19(27)25-17-6-4-5-13(2)14(17)3/h7-11,13-14,17H,4-6H2,1-3H3,(H,25,27). The van der Waals surface area contributed by atoms with E-state index < -0.39 is 23.3 Å². The van der Waals surface area contributed by atoms with Crippen LogP contribution in [0.25, 0.3) is 5.69 Å². The van der Waals surface area contributed by atoms with Gasteiger partial charge in [-0.05, 0) is 37.3 Å². The van der Waals surface area contributed by atoms with Crippen LogP contribution in [0.4, 0.5) is 13.2 Å². The number of amides is 1. The first kappa shape index (κ1) is 19.5. The summed E-state index contributed by atoms with van der Waals surface area (Å²) in [4.78, 5) is 12.7. The molecule has 3 atom stereocenters. The number of halogens is 3.